The van der Waals surface area contributed by atoms with Gasteiger partial charge in [-0.1, -0.05) is 103 Å². The minimum Gasteiger partial charge on any atom is -0.423 e. The van der Waals surface area contributed by atoms with E-state index in [1.807, 2.05) is 48.5 Å². The van der Waals surface area contributed by atoms with Crippen molar-refractivity contribution in [1.29, 1.82) is 0 Å². The van der Waals surface area contributed by atoms with Crippen molar-refractivity contribution in [2.24, 2.45) is 0 Å². The van der Waals surface area contributed by atoms with E-state index >= 15 is 0 Å². The SMILES string of the molecule is OB(O)c1cccc(N2C(c3ccccc3)=CC(c3ccccc3)=CC2c2ccccc2)c1. The summed E-state index contributed by atoms with van der Waals surface area (Å²) in [5.41, 5.74) is 6.97. The van der Waals surface area contributed by atoms with Gasteiger partial charge in [0.15, 0.2) is 0 Å². The number of rotatable bonds is 5. The van der Waals surface area contributed by atoms with Crippen LogP contribution in [0.4, 0.5) is 5.69 Å². The zero-order chi connectivity index (χ0) is 22.6. The first-order chi connectivity index (χ1) is 16.2. The average Bonchev–Trinajstić information content (AvgIpc) is 2.89. The van der Waals surface area contributed by atoms with Gasteiger partial charge in [0.05, 0.1) is 6.04 Å². The molecule has 0 spiro atoms. The molecule has 0 aromatic heterocycles. The summed E-state index contributed by atoms with van der Waals surface area (Å²) >= 11 is 0. The predicted molar refractivity (Wildman–Crippen MR) is 137 cm³/mol. The van der Waals surface area contributed by atoms with Gasteiger partial charge in [0.25, 0.3) is 0 Å². The largest absolute Gasteiger partial charge is 0.488 e. The molecule has 33 heavy (non-hydrogen) atoms. The third-order valence-electron chi connectivity index (χ3n) is 5.93. The van der Waals surface area contributed by atoms with E-state index in [0.717, 1.165) is 33.6 Å². The molecular formula is C29H24BNO2. The molecule has 3 nitrogen and oxygen atoms in total. The van der Waals surface area contributed by atoms with E-state index in [1.54, 1.807) is 6.07 Å². The minimum absolute atomic E-state index is 0.0762. The first-order valence-electron chi connectivity index (χ1n) is 11.1. The lowest BCUT2D eigenvalue weighted by Crippen LogP contribution is -2.33. The molecule has 1 aliphatic heterocycles. The number of allylic oxidation sites excluding steroid dienone is 2. The number of anilines is 1. The van der Waals surface area contributed by atoms with Crippen molar-refractivity contribution in [1.82, 2.24) is 0 Å². The lowest BCUT2D eigenvalue weighted by molar-refractivity contribution is 0.426. The van der Waals surface area contributed by atoms with Crippen molar-refractivity contribution < 1.29 is 10.0 Å². The summed E-state index contributed by atoms with van der Waals surface area (Å²) in [6.45, 7) is 0. The van der Waals surface area contributed by atoms with Gasteiger partial charge >= 0.3 is 7.12 Å². The highest BCUT2D eigenvalue weighted by atomic mass is 16.4. The Morgan fingerprint density at radius 3 is 1.88 bits per heavy atom. The molecule has 0 radical (unpaired) electrons. The molecule has 1 atom stereocenters. The topological polar surface area (TPSA) is 43.7 Å². The molecule has 1 unspecified atom stereocenters. The zero-order valence-electron chi connectivity index (χ0n) is 18.1. The minimum atomic E-state index is -1.52. The number of hydrogen-bond donors (Lipinski definition) is 2. The molecule has 0 amide bonds. The lowest BCUT2D eigenvalue weighted by atomic mass is 9.80. The molecule has 160 valence electrons. The van der Waals surface area contributed by atoms with Crippen LogP contribution in [0.15, 0.2) is 127 Å². The third-order valence-corrected chi connectivity index (χ3v) is 5.93. The van der Waals surface area contributed by atoms with Crippen molar-refractivity contribution >= 4 is 29.5 Å². The first-order valence-corrected chi connectivity index (χ1v) is 11.1. The zero-order valence-corrected chi connectivity index (χ0v) is 18.1. The van der Waals surface area contributed by atoms with Crippen molar-refractivity contribution in [2.45, 2.75) is 6.04 Å². The highest BCUT2D eigenvalue weighted by Gasteiger charge is 2.28. The van der Waals surface area contributed by atoms with Crippen LogP contribution in [0.1, 0.15) is 22.7 Å². The fourth-order valence-corrected chi connectivity index (χ4v) is 4.33. The summed E-state index contributed by atoms with van der Waals surface area (Å²) in [6.07, 6.45) is 4.49. The molecule has 0 fully saturated rings. The van der Waals surface area contributed by atoms with E-state index in [1.165, 1.54) is 0 Å². The molecule has 0 saturated heterocycles. The molecule has 1 aliphatic rings. The lowest BCUT2D eigenvalue weighted by Gasteiger charge is -2.38. The van der Waals surface area contributed by atoms with Crippen LogP contribution in [0.3, 0.4) is 0 Å². The molecule has 5 rings (SSSR count). The van der Waals surface area contributed by atoms with Gasteiger partial charge in [0, 0.05) is 11.4 Å². The van der Waals surface area contributed by atoms with E-state index in [4.69, 9.17) is 0 Å². The number of hydrogen-bond acceptors (Lipinski definition) is 3. The molecule has 4 aromatic rings. The van der Waals surface area contributed by atoms with Gasteiger partial charge in [-0.25, -0.2) is 0 Å². The summed E-state index contributed by atoms with van der Waals surface area (Å²) in [6, 6.07) is 38.5. The molecule has 0 bridgehead atoms. The van der Waals surface area contributed by atoms with E-state index in [9.17, 15) is 10.0 Å². The standard InChI is InChI=1S/C29H24BNO2/c32-30(33)26-17-10-18-27(21-26)31-28(23-13-6-2-7-14-23)19-25(22-11-4-1-5-12-22)20-29(31)24-15-8-3-9-16-24/h1-21,28,32-33H. The van der Waals surface area contributed by atoms with Crippen LogP contribution in [-0.4, -0.2) is 17.2 Å². The Kier molecular flexibility index (Phi) is 5.94. The smallest absolute Gasteiger partial charge is 0.423 e. The second-order valence-corrected chi connectivity index (χ2v) is 8.08. The highest BCUT2D eigenvalue weighted by molar-refractivity contribution is 6.58. The normalized spacial score (nSPS) is 15.6. The van der Waals surface area contributed by atoms with Gasteiger partial charge in [-0.3, -0.25) is 0 Å². The van der Waals surface area contributed by atoms with Crippen LogP contribution in [0.2, 0.25) is 0 Å². The van der Waals surface area contributed by atoms with Crippen LogP contribution in [-0.2, 0) is 0 Å². The van der Waals surface area contributed by atoms with Gasteiger partial charge in [-0.2, -0.15) is 0 Å². The van der Waals surface area contributed by atoms with Crippen LogP contribution in [0, 0.1) is 0 Å². The van der Waals surface area contributed by atoms with Gasteiger partial charge < -0.3 is 14.9 Å². The Bertz CT molecular complexity index is 1290. The molecule has 0 saturated carbocycles. The van der Waals surface area contributed by atoms with Crippen molar-refractivity contribution in [2.75, 3.05) is 4.90 Å². The fraction of sp³-hybridized carbons (Fsp3) is 0.0345. The summed E-state index contributed by atoms with van der Waals surface area (Å²) in [7, 11) is -1.52. The maximum Gasteiger partial charge on any atom is 0.488 e. The van der Waals surface area contributed by atoms with E-state index in [-0.39, 0.29) is 6.04 Å². The second-order valence-electron chi connectivity index (χ2n) is 8.08. The van der Waals surface area contributed by atoms with E-state index < -0.39 is 7.12 Å². The first kappa shape index (κ1) is 21.0. The maximum absolute atomic E-state index is 9.81. The molecule has 4 aromatic carbocycles. The molecular weight excluding hydrogens is 405 g/mol. The van der Waals surface area contributed by atoms with Crippen LogP contribution < -0.4 is 10.4 Å². The Morgan fingerprint density at radius 2 is 1.24 bits per heavy atom. The van der Waals surface area contributed by atoms with Crippen molar-refractivity contribution in [3.8, 4) is 0 Å². The van der Waals surface area contributed by atoms with Gasteiger partial charge in [-0.05, 0) is 52.0 Å². The van der Waals surface area contributed by atoms with Gasteiger partial charge in [-0.15, -0.1) is 0 Å². The third kappa shape index (κ3) is 4.40. The Balaban J connectivity index is 1.74. The van der Waals surface area contributed by atoms with Crippen LogP contribution in [0.25, 0.3) is 11.3 Å². The fourth-order valence-electron chi connectivity index (χ4n) is 4.33. The summed E-state index contributed by atoms with van der Waals surface area (Å²) < 4.78 is 0. The summed E-state index contributed by atoms with van der Waals surface area (Å²) in [5, 5.41) is 19.6. The second kappa shape index (κ2) is 9.33. The Hall–Kier alpha value is -3.86. The maximum atomic E-state index is 9.81. The summed E-state index contributed by atoms with van der Waals surface area (Å²) in [4.78, 5) is 2.27. The Morgan fingerprint density at radius 1 is 0.636 bits per heavy atom. The van der Waals surface area contributed by atoms with Gasteiger partial charge in [0.1, 0.15) is 0 Å². The number of nitrogens with zero attached hydrogens (tertiary/aromatic N) is 1. The van der Waals surface area contributed by atoms with Gasteiger partial charge in [0.2, 0.25) is 0 Å². The molecule has 4 heteroatoms. The summed E-state index contributed by atoms with van der Waals surface area (Å²) in [5.74, 6) is 0. The van der Waals surface area contributed by atoms with Crippen LogP contribution in [0.5, 0.6) is 0 Å². The predicted octanol–water partition coefficient (Wildman–Crippen LogP) is 5.05. The average molecular weight is 429 g/mol. The molecule has 0 aliphatic carbocycles. The monoisotopic (exact) mass is 429 g/mol. The molecule has 2 N–H and O–H groups in total. The molecule has 1 heterocycles. The highest BCUT2D eigenvalue weighted by Crippen LogP contribution is 2.42. The Labute approximate surface area is 194 Å². The van der Waals surface area contributed by atoms with Crippen molar-refractivity contribution in [3.63, 3.8) is 0 Å². The number of benzene rings is 4. The van der Waals surface area contributed by atoms with Crippen LogP contribution >= 0.6 is 0 Å². The van der Waals surface area contributed by atoms with E-state index in [2.05, 4.69) is 77.7 Å². The van der Waals surface area contributed by atoms with E-state index in [0.29, 0.717) is 5.46 Å². The quantitative estimate of drug-likeness (QED) is 0.437. The van der Waals surface area contributed by atoms with Crippen molar-refractivity contribution in [3.05, 3.63) is 144 Å².